The van der Waals surface area contributed by atoms with Crippen LogP contribution in [0, 0.1) is 31.4 Å². The SMILES string of the molecule is [C-]#[N+]c1c(C#N)ccc(-c2cc(C)c(-c3ccccc3)cn2)c1[N+]#[C-]. The molecule has 0 fully saturated rings. The van der Waals surface area contributed by atoms with E-state index < -0.39 is 0 Å². The number of benzene rings is 2. The Bertz CT molecular complexity index is 1080. The summed E-state index contributed by atoms with van der Waals surface area (Å²) in [6.45, 7) is 16.7. The molecule has 0 atom stereocenters. The molecule has 0 N–H and O–H groups in total. The Morgan fingerprint density at radius 1 is 0.960 bits per heavy atom. The molecule has 2 aromatic carbocycles. The molecule has 0 radical (unpaired) electrons. The van der Waals surface area contributed by atoms with Crippen molar-refractivity contribution in [1.82, 2.24) is 4.98 Å². The van der Waals surface area contributed by atoms with Crippen LogP contribution in [0.3, 0.4) is 0 Å². The third kappa shape index (κ3) is 2.83. The number of hydrogen-bond acceptors (Lipinski definition) is 2. The van der Waals surface area contributed by atoms with Crippen LogP contribution in [-0.2, 0) is 0 Å². The highest BCUT2D eigenvalue weighted by atomic mass is 14.8. The van der Waals surface area contributed by atoms with Gasteiger partial charge in [-0.05, 0) is 29.7 Å². The van der Waals surface area contributed by atoms with E-state index in [1.807, 2.05) is 49.4 Å². The zero-order chi connectivity index (χ0) is 17.8. The molecule has 3 aromatic rings. The zero-order valence-electron chi connectivity index (χ0n) is 13.5. The van der Waals surface area contributed by atoms with E-state index in [1.165, 1.54) is 0 Å². The number of hydrogen-bond donors (Lipinski definition) is 0. The topological polar surface area (TPSA) is 45.4 Å². The first-order valence-electron chi connectivity index (χ1n) is 7.54. The molecule has 1 heterocycles. The van der Waals surface area contributed by atoms with Crippen molar-refractivity contribution in [2.45, 2.75) is 6.92 Å². The van der Waals surface area contributed by atoms with Gasteiger partial charge in [-0.3, -0.25) is 4.98 Å². The molecule has 4 heteroatoms. The lowest BCUT2D eigenvalue weighted by Crippen LogP contribution is -1.90. The monoisotopic (exact) mass is 320 g/mol. The molecule has 3 rings (SSSR count). The van der Waals surface area contributed by atoms with Gasteiger partial charge < -0.3 is 0 Å². The lowest BCUT2D eigenvalue weighted by Gasteiger charge is -2.10. The van der Waals surface area contributed by atoms with Gasteiger partial charge in [0, 0.05) is 17.3 Å². The highest BCUT2D eigenvalue weighted by Crippen LogP contribution is 2.41. The van der Waals surface area contributed by atoms with Crippen molar-refractivity contribution in [2.24, 2.45) is 0 Å². The maximum absolute atomic E-state index is 9.13. The molecule has 0 saturated heterocycles. The van der Waals surface area contributed by atoms with Gasteiger partial charge in [0.05, 0.1) is 24.9 Å². The Kier molecular flexibility index (Phi) is 4.25. The van der Waals surface area contributed by atoms with Crippen LogP contribution in [0.2, 0.25) is 0 Å². The second-order valence-corrected chi connectivity index (χ2v) is 5.44. The van der Waals surface area contributed by atoms with Crippen molar-refractivity contribution in [3.63, 3.8) is 0 Å². The standard InChI is InChI=1S/C21H12N4/c1-14-11-19(25-13-18(14)15-7-5-4-6-8-15)17-10-9-16(12-22)20(23-2)21(17)24-3/h4-11,13H,1H3. The van der Waals surface area contributed by atoms with Crippen LogP contribution in [0.25, 0.3) is 32.1 Å². The average molecular weight is 320 g/mol. The fourth-order valence-electron chi connectivity index (χ4n) is 2.73. The fourth-order valence-corrected chi connectivity index (χ4v) is 2.73. The van der Waals surface area contributed by atoms with E-state index >= 15 is 0 Å². The number of rotatable bonds is 2. The van der Waals surface area contributed by atoms with Crippen LogP contribution in [-0.4, -0.2) is 4.98 Å². The predicted octanol–water partition coefficient (Wildman–Crippen LogP) is 5.70. The minimum absolute atomic E-state index is 0.0848. The van der Waals surface area contributed by atoms with E-state index in [1.54, 1.807) is 18.3 Å². The molecule has 0 amide bonds. The van der Waals surface area contributed by atoms with Gasteiger partial charge in [0.2, 0.25) is 11.4 Å². The zero-order valence-corrected chi connectivity index (χ0v) is 13.5. The second-order valence-electron chi connectivity index (χ2n) is 5.44. The highest BCUT2D eigenvalue weighted by molar-refractivity contribution is 5.90. The second kappa shape index (κ2) is 6.67. The summed E-state index contributed by atoms with van der Waals surface area (Å²) in [5.41, 5.74) is 4.79. The Balaban J connectivity index is 2.17. The third-order valence-corrected chi connectivity index (χ3v) is 3.97. The van der Waals surface area contributed by atoms with Gasteiger partial charge in [0.15, 0.2) is 0 Å². The first kappa shape index (κ1) is 15.9. The molecule has 0 aliphatic rings. The fraction of sp³-hybridized carbons (Fsp3) is 0.0476. The minimum atomic E-state index is 0.0848. The van der Waals surface area contributed by atoms with Crippen LogP contribution in [0.5, 0.6) is 0 Å². The minimum Gasteiger partial charge on any atom is -0.257 e. The molecular formula is C21H12N4. The number of nitrogens with zero attached hydrogens (tertiary/aromatic N) is 4. The van der Waals surface area contributed by atoms with Crippen molar-refractivity contribution < 1.29 is 0 Å². The van der Waals surface area contributed by atoms with Crippen LogP contribution in [0.15, 0.2) is 54.7 Å². The molecule has 116 valence electrons. The maximum Gasteiger partial charge on any atom is 0.212 e. The third-order valence-electron chi connectivity index (χ3n) is 3.97. The van der Waals surface area contributed by atoms with E-state index in [-0.39, 0.29) is 16.9 Å². The van der Waals surface area contributed by atoms with Crippen LogP contribution >= 0.6 is 0 Å². The lowest BCUT2D eigenvalue weighted by atomic mass is 9.99. The lowest BCUT2D eigenvalue weighted by molar-refractivity contribution is 1.29. The average Bonchev–Trinajstić information content (AvgIpc) is 2.67. The Hall–Kier alpha value is -3.94. The van der Waals surface area contributed by atoms with Gasteiger partial charge in [-0.15, -0.1) is 0 Å². The predicted molar refractivity (Wildman–Crippen MR) is 97.1 cm³/mol. The van der Waals surface area contributed by atoms with E-state index in [9.17, 15) is 0 Å². The van der Waals surface area contributed by atoms with E-state index in [0.29, 0.717) is 11.3 Å². The summed E-state index contributed by atoms with van der Waals surface area (Å²) in [5, 5.41) is 9.13. The van der Waals surface area contributed by atoms with E-state index in [4.69, 9.17) is 18.4 Å². The first-order valence-corrected chi connectivity index (χ1v) is 7.54. The van der Waals surface area contributed by atoms with Crippen molar-refractivity contribution >= 4 is 11.4 Å². The van der Waals surface area contributed by atoms with Gasteiger partial charge in [0.1, 0.15) is 0 Å². The Morgan fingerprint density at radius 3 is 2.28 bits per heavy atom. The number of nitriles is 1. The van der Waals surface area contributed by atoms with Gasteiger partial charge in [0.25, 0.3) is 0 Å². The summed E-state index contributed by atoms with van der Waals surface area (Å²) in [6.07, 6.45) is 1.78. The Labute approximate surface area is 146 Å². The largest absolute Gasteiger partial charge is 0.257 e. The molecule has 1 aromatic heterocycles. The van der Waals surface area contributed by atoms with Gasteiger partial charge in [-0.2, -0.15) is 5.26 Å². The molecule has 0 aliphatic heterocycles. The smallest absolute Gasteiger partial charge is 0.212 e. The van der Waals surface area contributed by atoms with E-state index in [2.05, 4.69) is 14.7 Å². The van der Waals surface area contributed by atoms with Gasteiger partial charge in [-0.1, -0.05) is 42.5 Å². The molecular weight excluding hydrogens is 308 g/mol. The highest BCUT2D eigenvalue weighted by Gasteiger charge is 2.16. The summed E-state index contributed by atoms with van der Waals surface area (Å²) >= 11 is 0. The van der Waals surface area contributed by atoms with Crippen LogP contribution < -0.4 is 0 Å². The molecule has 4 nitrogen and oxygen atoms in total. The maximum atomic E-state index is 9.13. The molecule has 0 unspecified atom stereocenters. The summed E-state index contributed by atoms with van der Waals surface area (Å²) in [6, 6.07) is 17.1. The van der Waals surface area contributed by atoms with E-state index in [0.717, 1.165) is 16.7 Å². The van der Waals surface area contributed by atoms with Gasteiger partial charge >= 0.3 is 0 Å². The van der Waals surface area contributed by atoms with Crippen molar-refractivity contribution in [2.75, 3.05) is 0 Å². The molecule has 0 bridgehead atoms. The summed E-state index contributed by atoms with van der Waals surface area (Å²) in [5.74, 6) is 0. The number of aromatic nitrogens is 1. The summed E-state index contributed by atoms with van der Waals surface area (Å²) < 4.78 is 0. The Morgan fingerprint density at radius 2 is 1.68 bits per heavy atom. The molecule has 0 saturated carbocycles. The molecule has 25 heavy (non-hydrogen) atoms. The van der Waals surface area contributed by atoms with Gasteiger partial charge in [-0.25, -0.2) is 9.69 Å². The number of pyridine rings is 1. The van der Waals surface area contributed by atoms with Crippen molar-refractivity contribution in [3.05, 3.63) is 88.7 Å². The molecule has 0 aliphatic carbocycles. The van der Waals surface area contributed by atoms with Crippen LogP contribution in [0.1, 0.15) is 11.1 Å². The number of aryl methyl sites for hydroxylation is 1. The summed E-state index contributed by atoms with van der Waals surface area (Å²) in [7, 11) is 0. The molecule has 0 spiro atoms. The normalized spacial score (nSPS) is 9.68. The quantitative estimate of drug-likeness (QED) is 0.569. The summed E-state index contributed by atoms with van der Waals surface area (Å²) in [4.78, 5) is 11.4. The van der Waals surface area contributed by atoms with Crippen molar-refractivity contribution in [1.29, 1.82) is 5.26 Å². The van der Waals surface area contributed by atoms with Crippen LogP contribution in [0.4, 0.5) is 11.4 Å². The first-order chi connectivity index (χ1) is 12.2. The van der Waals surface area contributed by atoms with Crippen molar-refractivity contribution in [3.8, 4) is 28.5 Å².